The molecule has 2 amide bonds. The van der Waals surface area contributed by atoms with E-state index in [4.69, 9.17) is 9.47 Å². The number of amidine groups is 1. The standard InChI is InChI=1S/C26H32N4O4S/c1-17(2)33-22-14-19(25(32)29-26-27-10-13-35-26)15-23(16-22)34-21-6-4-18(5-7-21)24(31)28-20-8-11-30(3)12-9-20/h4-7,14-17,20H,8-13H2,1-3H3,(H,28,31)(H,27,29,32). The molecule has 0 spiro atoms. The number of rotatable bonds is 7. The first-order chi connectivity index (χ1) is 16.9. The molecule has 4 rings (SSSR count). The van der Waals surface area contributed by atoms with Crippen molar-refractivity contribution in [2.24, 2.45) is 4.99 Å². The van der Waals surface area contributed by atoms with Crippen molar-refractivity contribution >= 4 is 28.7 Å². The molecule has 2 aliphatic rings. The predicted octanol–water partition coefficient (Wildman–Crippen LogP) is 3.92. The number of ether oxygens (including phenoxy) is 2. The molecule has 0 aliphatic carbocycles. The lowest BCUT2D eigenvalue weighted by Crippen LogP contribution is -2.43. The molecule has 186 valence electrons. The van der Waals surface area contributed by atoms with Crippen molar-refractivity contribution < 1.29 is 19.1 Å². The second-order valence-electron chi connectivity index (χ2n) is 9.03. The van der Waals surface area contributed by atoms with Crippen molar-refractivity contribution in [1.82, 2.24) is 15.5 Å². The van der Waals surface area contributed by atoms with Gasteiger partial charge in [0.15, 0.2) is 5.17 Å². The Bertz CT molecular complexity index is 1080. The average molecular weight is 497 g/mol. The molecule has 1 fully saturated rings. The number of carbonyl (C=O) groups is 2. The van der Waals surface area contributed by atoms with Gasteiger partial charge in [0.25, 0.3) is 11.8 Å². The smallest absolute Gasteiger partial charge is 0.257 e. The maximum absolute atomic E-state index is 12.8. The third-order valence-electron chi connectivity index (χ3n) is 5.73. The van der Waals surface area contributed by atoms with E-state index in [9.17, 15) is 9.59 Å². The van der Waals surface area contributed by atoms with E-state index in [0.29, 0.717) is 40.1 Å². The van der Waals surface area contributed by atoms with E-state index >= 15 is 0 Å². The molecule has 35 heavy (non-hydrogen) atoms. The zero-order valence-corrected chi connectivity index (χ0v) is 21.2. The van der Waals surface area contributed by atoms with Crippen LogP contribution in [0.5, 0.6) is 17.2 Å². The van der Waals surface area contributed by atoms with Gasteiger partial charge in [0.1, 0.15) is 17.2 Å². The lowest BCUT2D eigenvalue weighted by atomic mass is 10.0. The Balaban J connectivity index is 1.44. The largest absolute Gasteiger partial charge is 0.491 e. The summed E-state index contributed by atoms with van der Waals surface area (Å²) in [6.07, 6.45) is 1.86. The number of carbonyl (C=O) groups excluding carboxylic acids is 2. The van der Waals surface area contributed by atoms with Gasteiger partial charge in [0.05, 0.1) is 12.6 Å². The Kier molecular flexibility index (Phi) is 8.30. The lowest BCUT2D eigenvalue weighted by molar-refractivity contribution is 0.0915. The zero-order valence-electron chi connectivity index (χ0n) is 20.4. The number of piperidine rings is 1. The molecule has 0 radical (unpaired) electrons. The fourth-order valence-corrected chi connectivity index (χ4v) is 4.64. The quantitative estimate of drug-likeness (QED) is 0.604. The molecule has 2 aromatic rings. The first kappa shape index (κ1) is 25.1. The van der Waals surface area contributed by atoms with Gasteiger partial charge < -0.3 is 25.0 Å². The highest BCUT2D eigenvalue weighted by Gasteiger charge is 2.19. The Hall–Kier alpha value is -3.04. The minimum Gasteiger partial charge on any atom is -0.491 e. The van der Waals surface area contributed by atoms with Crippen molar-refractivity contribution in [3.8, 4) is 17.2 Å². The number of hydrogen-bond donors (Lipinski definition) is 2. The number of benzene rings is 2. The molecule has 8 nitrogen and oxygen atoms in total. The van der Waals surface area contributed by atoms with Crippen molar-refractivity contribution in [1.29, 1.82) is 0 Å². The highest BCUT2D eigenvalue weighted by atomic mass is 32.2. The van der Waals surface area contributed by atoms with E-state index in [1.807, 2.05) is 13.8 Å². The normalized spacial score (nSPS) is 16.6. The lowest BCUT2D eigenvalue weighted by Gasteiger charge is -2.29. The molecule has 2 heterocycles. The van der Waals surface area contributed by atoms with E-state index in [2.05, 4.69) is 27.6 Å². The predicted molar refractivity (Wildman–Crippen MR) is 139 cm³/mol. The van der Waals surface area contributed by atoms with Gasteiger partial charge in [0.2, 0.25) is 0 Å². The van der Waals surface area contributed by atoms with Crippen molar-refractivity contribution in [2.75, 3.05) is 32.4 Å². The zero-order chi connectivity index (χ0) is 24.8. The number of nitrogens with zero attached hydrogens (tertiary/aromatic N) is 2. The minimum absolute atomic E-state index is 0.0571. The van der Waals surface area contributed by atoms with Gasteiger partial charge in [-0.05, 0) is 83.2 Å². The van der Waals surface area contributed by atoms with Gasteiger partial charge in [-0.3, -0.25) is 14.6 Å². The van der Waals surface area contributed by atoms with Crippen LogP contribution in [0.15, 0.2) is 47.5 Å². The van der Waals surface area contributed by atoms with Crippen LogP contribution >= 0.6 is 11.8 Å². The average Bonchev–Trinajstić information content (AvgIpc) is 3.33. The molecule has 0 unspecified atom stereocenters. The summed E-state index contributed by atoms with van der Waals surface area (Å²) >= 11 is 1.52. The van der Waals surface area contributed by atoms with Crippen LogP contribution in [0.2, 0.25) is 0 Å². The van der Waals surface area contributed by atoms with Gasteiger partial charge in [-0.15, -0.1) is 0 Å². The maximum Gasteiger partial charge on any atom is 0.257 e. The summed E-state index contributed by atoms with van der Waals surface area (Å²) in [5, 5.41) is 6.59. The molecule has 0 aromatic heterocycles. The second kappa shape index (κ2) is 11.6. The minimum atomic E-state index is -0.266. The Morgan fingerprint density at radius 1 is 1.00 bits per heavy atom. The Morgan fingerprint density at radius 3 is 2.37 bits per heavy atom. The second-order valence-corrected chi connectivity index (χ2v) is 10.1. The van der Waals surface area contributed by atoms with Gasteiger partial charge in [-0.2, -0.15) is 0 Å². The Labute approximate surface area is 210 Å². The molecule has 0 bridgehead atoms. The topological polar surface area (TPSA) is 92.3 Å². The monoisotopic (exact) mass is 496 g/mol. The van der Waals surface area contributed by atoms with Crippen LogP contribution in [0.3, 0.4) is 0 Å². The summed E-state index contributed by atoms with van der Waals surface area (Å²) in [4.78, 5) is 32.0. The van der Waals surface area contributed by atoms with E-state index in [-0.39, 0.29) is 24.0 Å². The summed E-state index contributed by atoms with van der Waals surface area (Å²) in [5.74, 6) is 2.09. The van der Waals surface area contributed by atoms with Crippen molar-refractivity contribution in [3.05, 3.63) is 53.6 Å². The number of hydrogen-bond acceptors (Lipinski definition) is 7. The fourth-order valence-electron chi connectivity index (χ4n) is 3.91. The number of likely N-dealkylation sites (tertiary alicyclic amines) is 1. The van der Waals surface area contributed by atoms with E-state index in [1.165, 1.54) is 11.8 Å². The molecule has 9 heteroatoms. The van der Waals surface area contributed by atoms with Crippen LogP contribution in [-0.2, 0) is 0 Å². The van der Waals surface area contributed by atoms with E-state index in [0.717, 1.165) is 31.7 Å². The highest BCUT2D eigenvalue weighted by Crippen LogP contribution is 2.29. The summed E-state index contributed by atoms with van der Waals surface area (Å²) in [6, 6.07) is 12.3. The van der Waals surface area contributed by atoms with E-state index < -0.39 is 0 Å². The molecular formula is C26H32N4O4S. The van der Waals surface area contributed by atoms with Crippen molar-refractivity contribution in [3.63, 3.8) is 0 Å². The molecule has 2 N–H and O–H groups in total. The maximum atomic E-state index is 12.8. The molecule has 1 saturated heterocycles. The molecule has 0 atom stereocenters. The van der Waals surface area contributed by atoms with Crippen LogP contribution in [0.4, 0.5) is 0 Å². The van der Waals surface area contributed by atoms with Crippen molar-refractivity contribution in [2.45, 2.75) is 38.8 Å². The van der Waals surface area contributed by atoms with Crippen LogP contribution in [-0.4, -0.2) is 66.5 Å². The van der Waals surface area contributed by atoms with Crippen LogP contribution in [0.1, 0.15) is 47.4 Å². The third-order valence-corrected chi connectivity index (χ3v) is 6.62. The fraction of sp³-hybridized carbons (Fsp3) is 0.423. The van der Waals surface area contributed by atoms with Crippen LogP contribution < -0.4 is 20.1 Å². The van der Waals surface area contributed by atoms with Gasteiger partial charge in [0, 0.05) is 29.0 Å². The molecule has 0 saturated carbocycles. The van der Waals surface area contributed by atoms with Crippen LogP contribution in [0, 0.1) is 0 Å². The number of amides is 2. The van der Waals surface area contributed by atoms with Gasteiger partial charge in [-0.1, -0.05) is 11.8 Å². The molecule has 2 aliphatic heterocycles. The number of aliphatic imine (C=N–C) groups is 1. The van der Waals surface area contributed by atoms with Crippen LogP contribution in [0.25, 0.3) is 0 Å². The number of nitrogens with one attached hydrogen (secondary N) is 2. The summed E-state index contributed by atoms with van der Waals surface area (Å²) in [6.45, 7) is 6.53. The van der Waals surface area contributed by atoms with E-state index in [1.54, 1.807) is 42.5 Å². The number of thioether (sulfide) groups is 1. The first-order valence-electron chi connectivity index (χ1n) is 11.9. The molecule has 2 aromatic carbocycles. The van der Waals surface area contributed by atoms with Gasteiger partial charge >= 0.3 is 0 Å². The third kappa shape index (κ3) is 7.22. The summed E-state index contributed by atoms with van der Waals surface area (Å²) in [7, 11) is 2.10. The van der Waals surface area contributed by atoms with Gasteiger partial charge in [-0.25, -0.2) is 0 Å². The Morgan fingerprint density at radius 2 is 1.71 bits per heavy atom. The highest BCUT2D eigenvalue weighted by molar-refractivity contribution is 8.14. The summed E-state index contributed by atoms with van der Waals surface area (Å²) < 4.78 is 11.9. The summed E-state index contributed by atoms with van der Waals surface area (Å²) in [5.41, 5.74) is 1.01. The molecular weight excluding hydrogens is 464 g/mol. The first-order valence-corrected chi connectivity index (χ1v) is 12.9. The SMILES string of the molecule is CC(C)Oc1cc(Oc2ccc(C(=O)NC3CCN(C)CC3)cc2)cc(C(=O)NC2=NCCS2)c1.